The van der Waals surface area contributed by atoms with Crippen LogP contribution >= 0.6 is 0 Å². The number of hydrogen-bond acceptors (Lipinski definition) is 3. The molecular formula is C20H23N3O3. The molecule has 0 radical (unpaired) electrons. The summed E-state index contributed by atoms with van der Waals surface area (Å²) in [5.41, 5.74) is 2.26. The van der Waals surface area contributed by atoms with Gasteiger partial charge in [0.2, 0.25) is 5.91 Å². The lowest BCUT2D eigenvalue weighted by Gasteiger charge is -2.09. The number of hydrogen-bond donors (Lipinski definition) is 3. The predicted octanol–water partition coefficient (Wildman–Crippen LogP) is 3.55. The van der Waals surface area contributed by atoms with Gasteiger partial charge in [0.15, 0.2) is 0 Å². The molecule has 0 bridgehead atoms. The van der Waals surface area contributed by atoms with E-state index in [1.807, 2.05) is 19.1 Å². The van der Waals surface area contributed by atoms with Gasteiger partial charge in [-0.1, -0.05) is 12.1 Å². The first-order valence-corrected chi connectivity index (χ1v) is 8.81. The number of anilines is 2. The zero-order valence-corrected chi connectivity index (χ0v) is 14.7. The number of carbonyl (C=O) groups excluding carboxylic acids is 2. The average molecular weight is 353 g/mol. The van der Waals surface area contributed by atoms with Crippen LogP contribution in [0.2, 0.25) is 0 Å². The van der Waals surface area contributed by atoms with Gasteiger partial charge in [0, 0.05) is 17.4 Å². The van der Waals surface area contributed by atoms with E-state index in [9.17, 15) is 9.59 Å². The topological polar surface area (TPSA) is 79.5 Å². The Morgan fingerprint density at radius 3 is 2.08 bits per heavy atom. The molecule has 26 heavy (non-hydrogen) atoms. The number of urea groups is 1. The fourth-order valence-corrected chi connectivity index (χ4v) is 2.49. The molecule has 1 aliphatic rings. The van der Waals surface area contributed by atoms with Crippen molar-refractivity contribution in [3.05, 3.63) is 54.1 Å². The van der Waals surface area contributed by atoms with Gasteiger partial charge in [0.05, 0.1) is 13.0 Å². The maximum absolute atomic E-state index is 12.1. The summed E-state index contributed by atoms with van der Waals surface area (Å²) >= 11 is 0. The fourth-order valence-electron chi connectivity index (χ4n) is 2.49. The zero-order valence-electron chi connectivity index (χ0n) is 14.7. The third kappa shape index (κ3) is 5.51. The highest BCUT2D eigenvalue weighted by Gasteiger charge is 2.22. The maximum Gasteiger partial charge on any atom is 0.323 e. The number of carbonyl (C=O) groups is 2. The minimum atomic E-state index is -0.326. The molecule has 0 heterocycles. The number of nitrogens with one attached hydrogen (secondary N) is 3. The molecule has 3 amide bonds. The summed E-state index contributed by atoms with van der Waals surface area (Å²) in [6.45, 7) is 2.52. The molecular weight excluding hydrogens is 330 g/mol. The van der Waals surface area contributed by atoms with E-state index in [2.05, 4.69) is 16.0 Å². The number of rotatable bonds is 7. The van der Waals surface area contributed by atoms with Crippen LogP contribution in [0.4, 0.5) is 16.2 Å². The second kappa shape index (κ2) is 8.38. The smallest absolute Gasteiger partial charge is 0.323 e. The highest BCUT2D eigenvalue weighted by atomic mass is 16.5. The quantitative estimate of drug-likeness (QED) is 0.712. The Bertz CT molecular complexity index is 753. The van der Waals surface area contributed by atoms with Crippen molar-refractivity contribution >= 4 is 23.3 Å². The standard InChI is InChI=1S/C20H23N3O3/c1-2-26-18-11-9-17(10-12-18)23-20(25)22-16-5-3-14(4-6-16)13-19(24)21-15-7-8-15/h3-6,9-12,15H,2,7-8,13H2,1H3,(H,21,24)(H2,22,23,25). The second-order valence-corrected chi connectivity index (χ2v) is 6.25. The molecule has 0 saturated heterocycles. The van der Waals surface area contributed by atoms with E-state index >= 15 is 0 Å². The van der Waals surface area contributed by atoms with E-state index in [-0.39, 0.29) is 11.9 Å². The van der Waals surface area contributed by atoms with Gasteiger partial charge in [-0.25, -0.2) is 4.79 Å². The molecule has 0 aromatic heterocycles. The molecule has 0 aliphatic heterocycles. The molecule has 2 aromatic carbocycles. The maximum atomic E-state index is 12.1. The molecule has 0 spiro atoms. The number of benzene rings is 2. The first-order chi connectivity index (χ1) is 12.6. The first kappa shape index (κ1) is 17.8. The van der Waals surface area contributed by atoms with Gasteiger partial charge in [-0.2, -0.15) is 0 Å². The van der Waals surface area contributed by atoms with E-state index < -0.39 is 0 Å². The van der Waals surface area contributed by atoms with Crippen molar-refractivity contribution in [2.24, 2.45) is 0 Å². The minimum Gasteiger partial charge on any atom is -0.494 e. The van der Waals surface area contributed by atoms with Gasteiger partial charge in [-0.15, -0.1) is 0 Å². The van der Waals surface area contributed by atoms with Gasteiger partial charge in [0.25, 0.3) is 0 Å². The fraction of sp³-hybridized carbons (Fsp3) is 0.300. The Kier molecular flexibility index (Phi) is 5.73. The van der Waals surface area contributed by atoms with Crippen LogP contribution in [0, 0.1) is 0 Å². The van der Waals surface area contributed by atoms with Gasteiger partial charge < -0.3 is 20.7 Å². The third-order valence-corrected chi connectivity index (χ3v) is 3.94. The van der Waals surface area contributed by atoms with Gasteiger partial charge in [-0.3, -0.25) is 4.79 Å². The van der Waals surface area contributed by atoms with E-state index in [4.69, 9.17) is 4.74 Å². The Hall–Kier alpha value is -3.02. The normalized spacial score (nSPS) is 13.0. The van der Waals surface area contributed by atoms with Crippen LogP contribution in [0.15, 0.2) is 48.5 Å². The summed E-state index contributed by atoms with van der Waals surface area (Å²) in [6.07, 6.45) is 2.52. The Morgan fingerprint density at radius 1 is 0.962 bits per heavy atom. The van der Waals surface area contributed by atoms with Crippen LogP contribution in [-0.4, -0.2) is 24.6 Å². The molecule has 3 rings (SSSR count). The molecule has 0 atom stereocenters. The highest BCUT2D eigenvalue weighted by molar-refractivity contribution is 5.99. The van der Waals surface area contributed by atoms with Crippen molar-refractivity contribution in [3.63, 3.8) is 0 Å². The largest absolute Gasteiger partial charge is 0.494 e. The Morgan fingerprint density at radius 2 is 1.54 bits per heavy atom. The molecule has 0 unspecified atom stereocenters. The predicted molar refractivity (Wildman–Crippen MR) is 102 cm³/mol. The van der Waals surface area contributed by atoms with Crippen LogP contribution in [0.3, 0.4) is 0 Å². The molecule has 1 saturated carbocycles. The van der Waals surface area contributed by atoms with Gasteiger partial charge in [-0.05, 0) is 61.7 Å². The molecule has 6 heteroatoms. The summed E-state index contributed by atoms with van der Waals surface area (Å²) in [4.78, 5) is 23.9. The minimum absolute atomic E-state index is 0.0430. The molecule has 1 fully saturated rings. The monoisotopic (exact) mass is 353 g/mol. The van der Waals surface area contributed by atoms with E-state index in [1.54, 1.807) is 36.4 Å². The SMILES string of the molecule is CCOc1ccc(NC(=O)Nc2ccc(CC(=O)NC3CC3)cc2)cc1. The van der Waals surface area contributed by atoms with E-state index in [1.165, 1.54) is 0 Å². The van der Waals surface area contributed by atoms with Crippen LogP contribution in [-0.2, 0) is 11.2 Å². The second-order valence-electron chi connectivity index (χ2n) is 6.25. The highest BCUT2D eigenvalue weighted by Crippen LogP contribution is 2.19. The average Bonchev–Trinajstić information content (AvgIpc) is 3.42. The lowest BCUT2D eigenvalue weighted by molar-refractivity contribution is -0.120. The molecule has 6 nitrogen and oxygen atoms in total. The summed E-state index contributed by atoms with van der Waals surface area (Å²) < 4.78 is 5.37. The van der Waals surface area contributed by atoms with Crippen molar-refractivity contribution in [2.45, 2.75) is 32.2 Å². The third-order valence-electron chi connectivity index (χ3n) is 3.94. The van der Waals surface area contributed by atoms with Gasteiger partial charge in [0.1, 0.15) is 5.75 Å². The van der Waals surface area contributed by atoms with E-state index in [0.717, 1.165) is 24.2 Å². The lowest BCUT2D eigenvalue weighted by atomic mass is 10.1. The van der Waals surface area contributed by atoms with Gasteiger partial charge >= 0.3 is 6.03 Å². The van der Waals surface area contributed by atoms with Crippen molar-refractivity contribution in [2.75, 3.05) is 17.2 Å². The first-order valence-electron chi connectivity index (χ1n) is 8.81. The van der Waals surface area contributed by atoms with Crippen molar-refractivity contribution in [3.8, 4) is 5.75 Å². The molecule has 3 N–H and O–H groups in total. The zero-order chi connectivity index (χ0) is 18.4. The van der Waals surface area contributed by atoms with Crippen LogP contribution in [0.5, 0.6) is 5.75 Å². The Labute approximate surface area is 152 Å². The summed E-state index contributed by atoms with van der Waals surface area (Å²) in [5, 5.41) is 8.50. The Balaban J connectivity index is 1.48. The van der Waals surface area contributed by atoms with Crippen molar-refractivity contribution in [1.82, 2.24) is 5.32 Å². The number of amides is 3. The summed E-state index contributed by atoms with van der Waals surface area (Å²) in [6, 6.07) is 14.5. The number of ether oxygens (including phenoxy) is 1. The summed E-state index contributed by atoms with van der Waals surface area (Å²) in [5.74, 6) is 0.807. The summed E-state index contributed by atoms with van der Waals surface area (Å²) in [7, 11) is 0. The molecule has 2 aromatic rings. The molecule has 136 valence electrons. The van der Waals surface area contributed by atoms with Crippen LogP contribution in [0.1, 0.15) is 25.3 Å². The van der Waals surface area contributed by atoms with Crippen LogP contribution in [0.25, 0.3) is 0 Å². The van der Waals surface area contributed by atoms with Crippen molar-refractivity contribution < 1.29 is 14.3 Å². The molecule has 1 aliphatic carbocycles. The van der Waals surface area contributed by atoms with E-state index in [0.29, 0.717) is 30.4 Å². The van der Waals surface area contributed by atoms with Crippen LogP contribution < -0.4 is 20.7 Å². The lowest BCUT2D eigenvalue weighted by Crippen LogP contribution is -2.26. The van der Waals surface area contributed by atoms with Crippen molar-refractivity contribution in [1.29, 1.82) is 0 Å².